The maximum absolute atomic E-state index is 12.4. The Kier molecular flexibility index (Phi) is 6.13. The second-order valence-corrected chi connectivity index (χ2v) is 8.33. The fraction of sp³-hybridized carbons (Fsp3) is 0.208. The van der Waals surface area contributed by atoms with Crippen LogP contribution in [0.3, 0.4) is 0 Å². The average Bonchev–Trinajstić information content (AvgIpc) is 3.37. The summed E-state index contributed by atoms with van der Waals surface area (Å²) in [5.74, 6) is 0.495. The van der Waals surface area contributed by atoms with E-state index in [-0.39, 0.29) is 11.8 Å². The van der Waals surface area contributed by atoms with E-state index in [4.69, 9.17) is 4.74 Å². The second-order valence-electron chi connectivity index (χ2n) is 7.27. The Morgan fingerprint density at radius 2 is 2.10 bits per heavy atom. The largest absolute Gasteiger partial charge is 0.487 e. The van der Waals surface area contributed by atoms with Crippen molar-refractivity contribution in [2.45, 2.75) is 26.9 Å². The van der Waals surface area contributed by atoms with E-state index in [2.05, 4.69) is 10.3 Å². The highest BCUT2D eigenvalue weighted by Gasteiger charge is 2.22. The van der Waals surface area contributed by atoms with Crippen LogP contribution in [-0.4, -0.2) is 23.3 Å². The van der Waals surface area contributed by atoms with Gasteiger partial charge in [0.05, 0.1) is 10.7 Å². The van der Waals surface area contributed by atoms with Gasteiger partial charge in [-0.25, -0.2) is 4.98 Å². The van der Waals surface area contributed by atoms with E-state index in [1.54, 1.807) is 29.2 Å². The molecular formula is C24H23N3O3S. The van der Waals surface area contributed by atoms with Gasteiger partial charge in [-0.05, 0) is 49.2 Å². The number of aryl methyl sites for hydroxylation is 1. The summed E-state index contributed by atoms with van der Waals surface area (Å²) in [5, 5.41) is 5.87. The maximum Gasteiger partial charge on any atom is 0.248 e. The summed E-state index contributed by atoms with van der Waals surface area (Å²) < 4.78 is 5.90. The number of hydrogen-bond acceptors (Lipinski definition) is 5. The maximum atomic E-state index is 12.4. The van der Waals surface area contributed by atoms with Gasteiger partial charge in [0, 0.05) is 41.9 Å². The molecule has 0 atom stereocenters. The molecule has 0 aliphatic carbocycles. The molecule has 0 spiro atoms. The number of hydrogen-bond donors (Lipinski definition) is 1. The van der Waals surface area contributed by atoms with Gasteiger partial charge in [0.15, 0.2) is 0 Å². The van der Waals surface area contributed by atoms with Gasteiger partial charge in [0.2, 0.25) is 11.8 Å². The summed E-state index contributed by atoms with van der Waals surface area (Å²) in [7, 11) is 0. The number of para-hydroxylation sites is 1. The number of aromatic nitrogens is 1. The standard InChI is InChI=1S/C24H23N3O3S/c1-16-25-21(15-31-16)14-30-23-6-4-3-5-18(23)7-10-24(29)26-20-8-9-22-19(13-20)11-12-27(22)17(2)28/h3-10,13,15H,11-12,14H2,1-2H3,(H,26,29)/b10-7+. The van der Waals surface area contributed by atoms with Gasteiger partial charge >= 0.3 is 0 Å². The number of anilines is 2. The van der Waals surface area contributed by atoms with Crippen LogP contribution >= 0.6 is 11.3 Å². The lowest BCUT2D eigenvalue weighted by Crippen LogP contribution is -2.25. The van der Waals surface area contributed by atoms with E-state index in [9.17, 15) is 9.59 Å². The minimum Gasteiger partial charge on any atom is -0.487 e. The first kappa shape index (κ1) is 20.8. The van der Waals surface area contributed by atoms with E-state index in [0.717, 1.165) is 33.9 Å². The molecular weight excluding hydrogens is 410 g/mol. The first-order valence-corrected chi connectivity index (χ1v) is 10.9. The van der Waals surface area contributed by atoms with Gasteiger partial charge in [0.1, 0.15) is 12.4 Å². The van der Waals surface area contributed by atoms with Crippen molar-refractivity contribution in [1.29, 1.82) is 0 Å². The minimum atomic E-state index is -0.230. The number of ether oxygens (including phenoxy) is 1. The van der Waals surface area contributed by atoms with E-state index in [0.29, 0.717) is 24.6 Å². The van der Waals surface area contributed by atoms with E-state index in [1.165, 1.54) is 6.08 Å². The Morgan fingerprint density at radius 1 is 1.26 bits per heavy atom. The fourth-order valence-electron chi connectivity index (χ4n) is 3.53. The molecule has 31 heavy (non-hydrogen) atoms. The molecule has 0 bridgehead atoms. The lowest BCUT2D eigenvalue weighted by molar-refractivity contribution is -0.116. The van der Waals surface area contributed by atoms with Crippen LogP contribution in [0.4, 0.5) is 11.4 Å². The highest BCUT2D eigenvalue weighted by Crippen LogP contribution is 2.30. The van der Waals surface area contributed by atoms with Crippen LogP contribution in [0, 0.1) is 6.92 Å². The van der Waals surface area contributed by atoms with E-state index >= 15 is 0 Å². The summed E-state index contributed by atoms with van der Waals surface area (Å²) in [5.41, 5.74) is 4.40. The highest BCUT2D eigenvalue weighted by atomic mass is 32.1. The molecule has 3 aromatic rings. The van der Waals surface area contributed by atoms with Crippen molar-refractivity contribution in [2.24, 2.45) is 0 Å². The molecule has 1 aliphatic rings. The fourth-order valence-corrected chi connectivity index (χ4v) is 4.13. The van der Waals surface area contributed by atoms with Crippen molar-refractivity contribution in [3.63, 3.8) is 0 Å². The highest BCUT2D eigenvalue weighted by molar-refractivity contribution is 7.09. The summed E-state index contributed by atoms with van der Waals surface area (Å²) in [6.07, 6.45) is 4.02. The zero-order valence-electron chi connectivity index (χ0n) is 17.4. The van der Waals surface area contributed by atoms with Crippen molar-refractivity contribution in [3.05, 3.63) is 75.7 Å². The molecule has 0 fully saturated rings. The number of nitrogens with one attached hydrogen (secondary N) is 1. The van der Waals surface area contributed by atoms with Crippen LogP contribution < -0.4 is 15.0 Å². The summed E-state index contributed by atoms with van der Waals surface area (Å²) in [6, 6.07) is 13.2. The van der Waals surface area contributed by atoms with E-state index < -0.39 is 0 Å². The molecule has 1 N–H and O–H groups in total. The Hall–Kier alpha value is -3.45. The van der Waals surface area contributed by atoms with Crippen molar-refractivity contribution in [1.82, 2.24) is 4.98 Å². The molecule has 0 saturated carbocycles. The molecule has 1 aliphatic heterocycles. The molecule has 6 nitrogen and oxygen atoms in total. The number of rotatable bonds is 6. The third-order valence-electron chi connectivity index (χ3n) is 5.00. The number of fused-ring (bicyclic) bond motifs is 1. The van der Waals surface area contributed by atoms with Crippen LogP contribution in [0.15, 0.2) is 53.9 Å². The first-order chi connectivity index (χ1) is 15.0. The van der Waals surface area contributed by atoms with Crippen molar-refractivity contribution >= 4 is 40.6 Å². The molecule has 0 unspecified atom stereocenters. The molecule has 158 valence electrons. The Morgan fingerprint density at radius 3 is 2.87 bits per heavy atom. The van der Waals surface area contributed by atoms with Crippen molar-refractivity contribution in [3.8, 4) is 5.75 Å². The molecule has 7 heteroatoms. The molecule has 1 aromatic heterocycles. The van der Waals surface area contributed by atoms with Crippen LogP contribution in [0.2, 0.25) is 0 Å². The molecule has 2 heterocycles. The summed E-state index contributed by atoms with van der Waals surface area (Å²) >= 11 is 1.59. The van der Waals surface area contributed by atoms with Gasteiger partial charge in [-0.2, -0.15) is 0 Å². The monoisotopic (exact) mass is 433 g/mol. The first-order valence-electron chi connectivity index (χ1n) is 10.0. The van der Waals surface area contributed by atoms with E-state index in [1.807, 2.05) is 54.8 Å². The SMILES string of the molecule is CC(=O)N1CCc2cc(NC(=O)/C=C/c3ccccc3OCc3csc(C)n3)ccc21. The summed E-state index contributed by atoms with van der Waals surface area (Å²) in [6.45, 7) is 4.59. The minimum absolute atomic E-state index is 0.0317. The van der Waals surface area contributed by atoms with Crippen molar-refractivity contribution < 1.29 is 14.3 Å². The quantitative estimate of drug-likeness (QED) is 0.577. The number of benzene rings is 2. The predicted molar refractivity (Wildman–Crippen MR) is 123 cm³/mol. The van der Waals surface area contributed by atoms with Gasteiger partial charge in [-0.15, -0.1) is 11.3 Å². The number of amides is 2. The lowest BCUT2D eigenvalue weighted by atomic mass is 10.1. The molecule has 2 amide bonds. The predicted octanol–water partition coefficient (Wildman–Crippen LogP) is 4.59. The second kappa shape index (κ2) is 9.14. The third-order valence-corrected chi connectivity index (χ3v) is 5.82. The van der Waals surface area contributed by atoms with Gasteiger partial charge in [0.25, 0.3) is 0 Å². The van der Waals surface area contributed by atoms with Gasteiger partial charge in [-0.3, -0.25) is 9.59 Å². The van der Waals surface area contributed by atoms with Crippen molar-refractivity contribution in [2.75, 3.05) is 16.8 Å². The third kappa shape index (κ3) is 5.00. The number of carbonyl (C=O) groups is 2. The molecule has 2 aromatic carbocycles. The number of nitrogens with zero attached hydrogens (tertiary/aromatic N) is 2. The molecule has 4 rings (SSSR count). The van der Waals surface area contributed by atoms with Gasteiger partial charge in [-0.1, -0.05) is 18.2 Å². The smallest absolute Gasteiger partial charge is 0.248 e. The lowest BCUT2D eigenvalue weighted by Gasteiger charge is -2.14. The Labute approximate surface area is 185 Å². The van der Waals surface area contributed by atoms with Crippen LogP contribution in [-0.2, 0) is 22.6 Å². The normalized spacial score (nSPS) is 12.8. The topological polar surface area (TPSA) is 71.5 Å². The summed E-state index contributed by atoms with van der Waals surface area (Å²) in [4.78, 5) is 30.3. The Bertz CT molecular complexity index is 1150. The zero-order valence-corrected chi connectivity index (χ0v) is 18.2. The number of carbonyl (C=O) groups excluding carboxylic acids is 2. The van der Waals surface area contributed by atoms with Gasteiger partial charge < -0.3 is 15.0 Å². The Balaban J connectivity index is 1.40. The molecule has 0 saturated heterocycles. The van der Waals surface area contributed by atoms with Crippen LogP contribution in [0.25, 0.3) is 6.08 Å². The van der Waals surface area contributed by atoms with Crippen LogP contribution in [0.5, 0.6) is 5.75 Å². The number of thiazole rings is 1. The molecule has 0 radical (unpaired) electrons. The van der Waals surface area contributed by atoms with Crippen LogP contribution in [0.1, 0.15) is 28.8 Å². The zero-order chi connectivity index (χ0) is 21.8. The average molecular weight is 434 g/mol.